The number of aryl methyl sites for hydroxylation is 1. The Labute approximate surface area is 239 Å². The molecule has 1 aromatic heterocycles. The van der Waals surface area contributed by atoms with E-state index >= 15 is 0 Å². The lowest BCUT2D eigenvalue weighted by atomic mass is 9.76. The molecular weight excluding hydrogens is 518 g/mol. The van der Waals surface area contributed by atoms with Gasteiger partial charge in [-0.05, 0) is 59.4 Å². The van der Waals surface area contributed by atoms with Crippen molar-refractivity contribution in [2.45, 2.75) is 95.9 Å². The lowest BCUT2D eigenvalue weighted by Crippen LogP contribution is -2.52. The third-order valence-electron chi connectivity index (χ3n) is 9.06. The number of amides is 3. The number of hydrogen-bond donors (Lipinski definition) is 2. The van der Waals surface area contributed by atoms with Gasteiger partial charge in [-0.15, -0.1) is 5.10 Å². The average Bonchev–Trinajstić information content (AvgIpc) is 3.70. The van der Waals surface area contributed by atoms with E-state index in [0.29, 0.717) is 31.1 Å². The van der Waals surface area contributed by atoms with Crippen LogP contribution in [0.3, 0.4) is 0 Å². The van der Waals surface area contributed by atoms with Gasteiger partial charge in [0, 0.05) is 30.5 Å². The van der Waals surface area contributed by atoms with Crippen LogP contribution in [0.15, 0.2) is 42.5 Å². The monoisotopic (exact) mass is 555 g/mol. The van der Waals surface area contributed by atoms with E-state index in [2.05, 4.69) is 71.2 Å². The van der Waals surface area contributed by atoms with Crippen LogP contribution in [-0.2, 0) is 28.1 Å². The summed E-state index contributed by atoms with van der Waals surface area (Å²) in [6, 6.07) is 14.0. The predicted octanol–water partition coefficient (Wildman–Crippen LogP) is 3.67. The molecule has 2 fully saturated rings. The lowest BCUT2D eigenvalue weighted by Gasteiger charge is -2.35. The third kappa shape index (κ3) is 5.16. The molecule has 1 saturated heterocycles. The summed E-state index contributed by atoms with van der Waals surface area (Å²) >= 11 is 0. The molecule has 2 aliphatic heterocycles. The van der Waals surface area contributed by atoms with Crippen LogP contribution in [0.4, 0.5) is 0 Å². The number of rotatable bonds is 8. The maximum absolute atomic E-state index is 13.2. The summed E-state index contributed by atoms with van der Waals surface area (Å²) < 4.78 is 2.03. The van der Waals surface area contributed by atoms with E-state index in [1.54, 1.807) is 4.90 Å². The molecule has 10 heteroatoms. The van der Waals surface area contributed by atoms with Gasteiger partial charge in [-0.25, -0.2) is 4.68 Å². The first-order chi connectivity index (χ1) is 19.7. The van der Waals surface area contributed by atoms with Crippen LogP contribution in [-0.4, -0.2) is 48.9 Å². The van der Waals surface area contributed by atoms with E-state index in [1.165, 1.54) is 24.0 Å². The minimum atomic E-state index is -0.622. The number of aromatic nitrogens is 4. The second-order valence-corrected chi connectivity index (χ2v) is 12.2. The summed E-state index contributed by atoms with van der Waals surface area (Å²) in [7, 11) is 0. The van der Waals surface area contributed by atoms with Gasteiger partial charge in [0.1, 0.15) is 6.04 Å². The van der Waals surface area contributed by atoms with Gasteiger partial charge in [0.25, 0.3) is 5.91 Å². The molecule has 2 aromatic carbocycles. The van der Waals surface area contributed by atoms with Crippen molar-refractivity contribution in [1.82, 2.24) is 35.7 Å². The van der Waals surface area contributed by atoms with Crippen molar-refractivity contribution in [1.29, 1.82) is 0 Å². The molecule has 3 amide bonds. The van der Waals surface area contributed by atoms with Crippen molar-refractivity contribution in [3.05, 3.63) is 76.1 Å². The van der Waals surface area contributed by atoms with E-state index in [0.717, 1.165) is 29.8 Å². The standard InChI is InChI=1S/C31H37N7O3/c1-19-8-11-22(12-9-19)31(2,3)27(28-34-35-36-38(28)23-6-4-5-7-23)32-17-20-10-13-24-21(16-20)18-37(30(24)41)25-14-15-26(39)33-29(25)40/h8-13,16,23,25,27,32H,4-7,14-15,17-18H2,1-3H3,(H,33,39,40). The van der Waals surface area contributed by atoms with E-state index < -0.39 is 11.9 Å². The highest BCUT2D eigenvalue weighted by Gasteiger charge is 2.40. The molecule has 2 unspecified atom stereocenters. The SMILES string of the molecule is Cc1ccc(C(C)(C)C(NCc2ccc3c(c2)CN(C2CCC(=O)NC2=O)C3=O)c2nnnn2C2CCCC2)cc1. The maximum Gasteiger partial charge on any atom is 0.255 e. The number of carbonyl (C=O) groups is 3. The molecule has 3 aromatic rings. The number of piperidine rings is 1. The Bertz CT molecular complexity index is 1470. The minimum absolute atomic E-state index is 0.164. The first-order valence-corrected chi connectivity index (χ1v) is 14.6. The predicted molar refractivity (Wildman–Crippen MR) is 152 cm³/mol. The first-order valence-electron chi connectivity index (χ1n) is 14.6. The largest absolute Gasteiger partial charge is 0.322 e. The highest BCUT2D eigenvalue weighted by Crippen LogP contribution is 2.39. The normalized spacial score (nSPS) is 20.4. The molecule has 2 N–H and O–H groups in total. The Morgan fingerprint density at radius 3 is 2.54 bits per heavy atom. The molecule has 0 bridgehead atoms. The number of nitrogens with one attached hydrogen (secondary N) is 2. The number of benzene rings is 2. The number of nitrogens with zero attached hydrogens (tertiary/aromatic N) is 5. The molecule has 1 aliphatic carbocycles. The van der Waals surface area contributed by atoms with Crippen molar-refractivity contribution in [3.8, 4) is 0 Å². The van der Waals surface area contributed by atoms with Crippen LogP contribution < -0.4 is 10.6 Å². The van der Waals surface area contributed by atoms with E-state index in [1.807, 2.05) is 22.9 Å². The molecule has 10 nitrogen and oxygen atoms in total. The van der Waals surface area contributed by atoms with Crippen molar-refractivity contribution in [3.63, 3.8) is 0 Å². The van der Waals surface area contributed by atoms with Gasteiger partial charge in [0.2, 0.25) is 11.8 Å². The van der Waals surface area contributed by atoms with E-state index in [-0.39, 0.29) is 29.7 Å². The molecule has 41 heavy (non-hydrogen) atoms. The van der Waals surface area contributed by atoms with E-state index in [9.17, 15) is 14.4 Å². The Morgan fingerprint density at radius 1 is 1.05 bits per heavy atom. The third-order valence-corrected chi connectivity index (χ3v) is 9.06. The van der Waals surface area contributed by atoms with Gasteiger partial charge in [-0.1, -0.05) is 68.7 Å². The quantitative estimate of drug-likeness (QED) is 0.407. The Morgan fingerprint density at radius 2 is 1.80 bits per heavy atom. The fourth-order valence-corrected chi connectivity index (χ4v) is 6.58. The zero-order valence-corrected chi connectivity index (χ0v) is 23.9. The number of hydrogen-bond acceptors (Lipinski definition) is 7. The van der Waals surface area contributed by atoms with Gasteiger partial charge in [-0.3, -0.25) is 19.7 Å². The zero-order valence-electron chi connectivity index (χ0n) is 23.9. The van der Waals surface area contributed by atoms with Gasteiger partial charge in [0.15, 0.2) is 5.82 Å². The van der Waals surface area contributed by atoms with Crippen LogP contribution in [0.2, 0.25) is 0 Å². The van der Waals surface area contributed by atoms with Crippen LogP contribution in [0.25, 0.3) is 0 Å². The van der Waals surface area contributed by atoms with Gasteiger partial charge in [-0.2, -0.15) is 0 Å². The van der Waals surface area contributed by atoms with Gasteiger partial charge < -0.3 is 10.2 Å². The van der Waals surface area contributed by atoms with Crippen LogP contribution >= 0.6 is 0 Å². The summed E-state index contributed by atoms with van der Waals surface area (Å²) in [5.74, 6) is -0.0118. The maximum atomic E-state index is 13.2. The Hall–Kier alpha value is -3.92. The number of carbonyl (C=O) groups excluding carboxylic acids is 3. The first kappa shape index (κ1) is 27.3. The smallest absolute Gasteiger partial charge is 0.255 e. The van der Waals surface area contributed by atoms with Crippen LogP contribution in [0, 0.1) is 6.92 Å². The van der Waals surface area contributed by atoms with Gasteiger partial charge >= 0.3 is 0 Å². The molecule has 1 saturated carbocycles. The summed E-state index contributed by atoms with van der Waals surface area (Å²) in [5, 5.41) is 19.2. The number of tetrazole rings is 1. The summed E-state index contributed by atoms with van der Waals surface area (Å²) in [6.07, 6.45) is 5.13. The Balaban J connectivity index is 1.25. The minimum Gasteiger partial charge on any atom is -0.322 e. The fraction of sp³-hybridized carbons (Fsp3) is 0.484. The second-order valence-electron chi connectivity index (χ2n) is 12.2. The lowest BCUT2D eigenvalue weighted by molar-refractivity contribution is -0.136. The van der Waals surface area contributed by atoms with Gasteiger partial charge in [0.05, 0.1) is 12.1 Å². The second kappa shape index (κ2) is 10.8. The molecule has 2 atom stereocenters. The highest BCUT2D eigenvalue weighted by atomic mass is 16.2. The average molecular weight is 556 g/mol. The summed E-state index contributed by atoms with van der Waals surface area (Å²) in [6.45, 7) is 7.45. The van der Waals surface area contributed by atoms with Crippen molar-refractivity contribution in [2.24, 2.45) is 0 Å². The molecular formula is C31H37N7O3. The Kier molecular flexibility index (Phi) is 7.19. The topological polar surface area (TPSA) is 122 Å². The molecule has 6 rings (SSSR count). The molecule has 0 radical (unpaired) electrons. The molecule has 3 aliphatic rings. The van der Waals surface area contributed by atoms with Crippen molar-refractivity contribution < 1.29 is 14.4 Å². The number of imide groups is 1. The van der Waals surface area contributed by atoms with Crippen LogP contribution in [0.5, 0.6) is 0 Å². The molecule has 3 heterocycles. The van der Waals surface area contributed by atoms with Crippen molar-refractivity contribution in [2.75, 3.05) is 0 Å². The highest BCUT2D eigenvalue weighted by molar-refractivity contribution is 6.05. The fourth-order valence-electron chi connectivity index (χ4n) is 6.58. The summed E-state index contributed by atoms with van der Waals surface area (Å²) in [4.78, 5) is 38.8. The van der Waals surface area contributed by atoms with Crippen LogP contribution in [0.1, 0.15) is 103 Å². The summed E-state index contributed by atoms with van der Waals surface area (Å²) in [5.41, 5.74) is 4.62. The van der Waals surface area contributed by atoms with Crippen molar-refractivity contribution >= 4 is 17.7 Å². The molecule has 0 spiro atoms. The number of fused-ring (bicyclic) bond motifs is 1. The zero-order chi connectivity index (χ0) is 28.7. The molecule has 214 valence electrons. The van der Waals surface area contributed by atoms with E-state index in [4.69, 9.17) is 0 Å².